The maximum Gasteiger partial charge on any atom is 0.0490 e. The molecule has 0 bridgehead atoms. The van der Waals surface area contributed by atoms with E-state index in [1.165, 1.54) is 37.8 Å². The number of aromatic amines is 1. The largest absolute Gasteiger partial charge is 0.308 e. The molecule has 1 unspecified atom stereocenters. The van der Waals surface area contributed by atoms with Gasteiger partial charge >= 0.3 is 0 Å². The minimum Gasteiger partial charge on any atom is -0.308 e. The molecule has 1 heterocycles. The van der Waals surface area contributed by atoms with Crippen LogP contribution in [0.3, 0.4) is 0 Å². The molecule has 3 nitrogen and oxygen atoms in total. The molecule has 90 valence electrons. The third-order valence-corrected chi connectivity index (χ3v) is 3.72. The molecule has 0 saturated heterocycles. The van der Waals surface area contributed by atoms with Crippen LogP contribution in [-0.2, 0) is 6.54 Å². The topological polar surface area (TPSA) is 40.7 Å². The van der Waals surface area contributed by atoms with Crippen LogP contribution in [0.25, 0.3) is 0 Å². The molecule has 3 heteroatoms. The molecule has 1 fully saturated rings. The van der Waals surface area contributed by atoms with Gasteiger partial charge in [-0.05, 0) is 37.2 Å². The highest BCUT2D eigenvalue weighted by molar-refractivity contribution is 4.97. The summed E-state index contributed by atoms with van der Waals surface area (Å²) >= 11 is 0. The summed E-state index contributed by atoms with van der Waals surface area (Å²) < 4.78 is 0. The molecule has 1 atom stereocenters. The van der Waals surface area contributed by atoms with Crippen molar-refractivity contribution in [1.82, 2.24) is 15.5 Å². The van der Waals surface area contributed by atoms with Crippen LogP contribution in [-0.4, -0.2) is 16.2 Å². The Morgan fingerprint density at radius 1 is 1.44 bits per heavy atom. The van der Waals surface area contributed by atoms with E-state index in [4.69, 9.17) is 0 Å². The van der Waals surface area contributed by atoms with Crippen molar-refractivity contribution in [2.45, 2.75) is 58.5 Å². The summed E-state index contributed by atoms with van der Waals surface area (Å²) in [4.78, 5) is 0. The van der Waals surface area contributed by atoms with E-state index >= 15 is 0 Å². The zero-order valence-electron chi connectivity index (χ0n) is 10.4. The average molecular weight is 221 g/mol. The van der Waals surface area contributed by atoms with Gasteiger partial charge in [-0.2, -0.15) is 5.10 Å². The fourth-order valence-electron chi connectivity index (χ4n) is 2.50. The van der Waals surface area contributed by atoms with Crippen molar-refractivity contribution in [2.75, 3.05) is 0 Å². The second-order valence-electron chi connectivity index (χ2n) is 5.75. The summed E-state index contributed by atoms with van der Waals surface area (Å²) in [5.74, 6) is 0. The van der Waals surface area contributed by atoms with Crippen LogP contribution in [0.4, 0.5) is 0 Å². The van der Waals surface area contributed by atoms with Crippen molar-refractivity contribution >= 4 is 0 Å². The van der Waals surface area contributed by atoms with Crippen LogP contribution < -0.4 is 5.32 Å². The van der Waals surface area contributed by atoms with Gasteiger partial charge in [-0.3, -0.25) is 5.10 Å². The summed E-state index contributed by atoms with van der Waals surface area (Å²) in [6.07, 6.45) is 8.50. The van der Waals surface area contributed by atoms with E-state index in [1.54, 1.807) is 0 Å². The minimum atomic E-state index is 0.546. The first-order valence-electron chi connectivity index (χ1n) is 6.37. The normalized spacial score (nSPS) is 25.2. The molecule has 16 heavy (non-hydrogen) atoms. The molecular formula is C13H23N3. The van der Waals surface area contributed by atoms with Crippen molar-refractivity contribution in [2.24, 2.45) is 5.41 Å². The number of aromatic nitrogens is 2. The van der Waals surface area contributed by atoms with Gasteiger partial charge < -0.3 is 5.32 Å². The Kier molecular flexibility index (Phi) is 3.64. The quantitative estimate of drug-likeness (QED) is 0.771. The van der Waals surface area contributed by atoms with E-state index < -0.39 is 0 Å². The van der Waals surface area contributed by atoms with E-state index in [2.05, 4.69) is 29.4 Å². The van der Waals surface area contributed by atoms with Gasteiger partial charge in [-0.15, -0.1) is 0 Å². The molecule has 1 aliphatic carbocycles. The van der Waals surface area contributed by atoms with Crippen molar-refractivity contribution < 1.29 is 0 Å². The Bertz CT molecular complexity index is 303. The summed E-state index contributed by atoms with van der Waals surface area (Å²) in [5, 5.41) is 10.6. The standard InChI is InChI=1S/C13H23N3/c1-13(2)7-3-4-11(5-8-13)14-10-12-6-9-15-16-12/h6,9,11,14H,3-5,7-8,10H2,1-2H3,(H,15,16). The smallest absolute Gasteiger partial charge is 0.0490 e. The van der Waals surface area contributed by atoms with E-state index in [-0.39, 0.29) is 0 Å². The first kappa shape index (κ1) is 11.6. The lowest BCUT2D eigenvalue weighted by molar-refractivity contribution is 0.309. The third kappa shape index (κ3) is 3.34. The van der Waals surface area contributed by atoms with Gasteiger partial charge in [-0.1, -0.05) is 20.3 Å². The van der Waals surface area contributed by atoms with Crippen LogP contribution >= 0.6 is 0 Å². The Hall–Kier alpha value is -0.830. The Balaban J connectivity index is 1.78. The Morgan fingerprint density at radius 3 is 3.06 bits per heavy atom. The molecule has 1 aliphatic rings. The van der Waals surface area contributed by atoms with Gasteiger partial charge in [0, 0.05) is 24.5 Å². The first-order valence-corrected chi connectivity index (χ1v) is 6.37. The average Bonchev–Trinajstić information content (AvgIpc) is 2.68. The predicted molar refractivity (Wildman–Crippen MR) is 66.1 cm³/mol. The van der Waals surface area contributed by atoms with Crippen molar-refractivity contribution in [1.29, 1.82) is 0 Å². The van der Waals surface area contributed by atoms with Crippen LogP contribution in [0.2, 0.25) is 0 Å². The van der Waals surface area contributed by atoms with E-state index in [0.717, 1.165) is 6.54 Å². The van der Waals surface area contributed by atoms with Crippen LogP contribution in [0.15, 0.2) is 12.3 Å². The molecule has 0 amide bonds. The molecule has 0 aliphatic heterocycles. The molecule has 2 rings (SSSR count). The van der Waals surface area contributed by atoms with Gasteiger partial charge in [0.2, 0.25) is 0 Å². The Morgan fingerprint density at radius 2 is 2.31 bits per heavy atom. The zero-order valence-corrected chi connectivity index (χ0v) is 10.4. The second-order valence-corrected chi connectivity index (χ2v) is 5.75. The number of H-pyrrole nitrogens is 1. The van der Waals surface area contributed by atoms with Gasteiger partial charge in [0.15, 0.2) is 0 Å². The molecule has 1 saturated carbocycles. The number of hydrogen-bond donors (Lipinski definition) is 2. The predicted octanol–water partition coefficient (Wildman–Crippen LogP) is 2.86. The van der Waals surface area contributed by atoms with Crippen LogP contribution in [0, 0.1) is 5.41 Å². The number of nitrogens with zero attached hydrogens (tertiary/aromatic N) is 1. The van der Waals surface area contributed by atoms with Crippen molar-refractivity contribution in [3.8, 4) is 0 Å². The van der Waals surface area contributed by atoms with Crippen molar-refractivity contribution in [3.63, 3.8) is 0 Å². The molecule has 1 aromatic heterocycles. The molecule has 0 aromatic carbocycles. The summed E-state index contributed by atoms with van der Waals surface area (Å²) in [5.41, 5.74) is 1.73. The van der Waals surface area contributed by atoms with Gasteiger partial charge in [0.25, 0.3) is 0 Å². The molecule has 0 spiro atoms. The molecule has 2 N–H and O–H groups in total. The lowest BCUT2D eigenvalue weighted by Crippen LogP contribution is -2.28. The highest BCUT2D eigenvalue weighted by atomic mass is 15.1. The lowest BCUT2D eigenvalue weighted by atomic mass is 9.85. The maximum absolute atomic E-state index is 3.96. The number of rotatable bonds is 3. The van der Waals surface area contributed by atoms with E-state index in [1.807, 2.05) is 12.3 Å². The minimum absolute atomic E-state index is 0.546. The van der Waals surface area contributed by atoms with Crippen molar-refractivity contribution in [3.05, 3.63) is 18.0 Å². The molecule has 0 radical (unpaired) electrons. The SMILES string of the molecule is CC1(C)CCCC(NCc2ccn[nH]2)CC1. The van der Waals surface area contributed by atoms with Crippen LogP contribution in [0.1, 0.15) is 51.6 Å². The van der Waals surface area contributed by atoms with Gasteiger partial charge in [-0.25, -0.2) is 0 Å². The summed E-state index contributed by atoms with van der Waals surface area (Å²) in [6.45, 7) is 5.71. The zero-order chi connectivity index (χ0) is 11.4. The first-order chi connectivity index (χ1) is 7.66. The maximum atomic E-state index is 3.96. The number of hydrogen-bond acceptors (Lipinski definition) is 2. The third-order valence-electron chi connectivity index (χ3n) is 3.72. The Labute approximate surface area is 98.0 Å². The van der Waals surface area contributed by atoms with Crippen LogP contribution in [0.5, 0.6) is 0 Å². The van der Waals surface area contributed by atoms with E-state index in [0.29, 0.717) is 11.5 Å². The second kappa shape index (κ2) is 5.00. The summed E-state index contributed by atoms with van der Waals surface area (Å²) in [7, 11) is 0. The lowest BCUT2D eigenvalue weighted by Gasteiger charge is -2.22. The fraction of sp³-hybridized carbons (Fsp3) is 0.769. The van der Waals surface area contributed by atoms with E-state index in [9.17, 15) is 0 Å². The van der Waals surface area contributed by atoms with Gasteiger partial charge in [0.05, 0.1) is 0 Å². The number of nitrogens with one attached hydrogen (secondary N) is 2. The molecular weight excluding hydrogens is 198 g/mol. The monoisotopic (exact) mass is 221 g/mol. The summed E-state index contributed by atoms with van der Waals surface area (Å²) in [6, 6.07) is 2.72. The fourth-order valence-corrected chi connectivity index (χ4v) is 2.50. The van der Waals surface area contributed by atoms with Gasteiger partial charge in [0.1, 0.15) is 0 Å². The highest BCUT2D eigenvalue weighted by Gasteiger charge is 2.23. The highest BCUT2D eigenvalue weighted by Crippen LogP contribution is 2.33. The molecule has 1 aromatic rings.